The summed E-state index contributed by atoms with van der Waals surface area (Å²) in [6, 6.07) is 21.9. The van der Waals surface area contributed by atoms with Gasteiger partial charge in [0.15, 0.2) is 0 Å². The standard InChI is InChI=1S/C28H33Cl2N7/c29-15-7-17-31-26-34-27(32-18-8-16-30)36-28(35-26)37-19-13-24(14-20-37)33-21-25(22-9-3-1-4-10-22)23-11-5-2-6-12-23/h1-12,15-16,24-25,33H,13-14,17-21H2,(H2,31,32,34,35,36). The van der Waals surface area contributed by atoms with E-state index in [0.717, 1.165) is 32.5 Å². The summed E-state index contributed by atoms with van der Waals surface area (Å²) in [5.41, 5.74) is 5.60. The van der Waals surface area contributed by atoms with E-state index in [1.54, 1.807) is 12.2 Å². The van der Waals surface area contributed by atoms with Gasteiger partial charge >= 0.3 is 0 Å². The topological polar surface area (TPSA) is 78.0 Å². The Morgan fingerprint density at radius 3 is 1.78 bits per heavy atom. The average Bonchev–Trinajstić information content (AvgIpc) is 2.95. The minimum atomic E-state index is 0.315. The molecule has 3 aromatic rings. The van der Waals surface area contributed by atoms with Gasteiger partial charge in [-0.25, -0.2) is 0 Å². The molecule has 1 aliphatic heterocycles. The molecule has 1 fully saturated rings. The van der Waals surface area contributed by atoms with Gasteiger partial charge in [-0.1, -0.05) is 96.0 Å². The third kappa shape index (κ3) is 8.18. The van der Waals surface area contributed by atoms with Crippen LogP contribution in [0.4, 0.5) is 17.8 Å². The fraction of sp³-hybridized carbons (Fsp3) is 0.321. The SMILES string of the molecule is ClC=CCNc1nc(NCC=CCl)nc(N2CCC(NCC(c3ccccc3)c3ccccc3)CC2)n1. The molecule has 0 amide bonds. The van der Waals surface area contributed by atoms with E-state index >= 15 is 0 Å². The van der Waals surface area contributed by atoms with Crippen molar-refractivity contribution >= 4 is 41.0 Å². The maximum atomic E-state index is 5.64. The molecule has 9 heteroatoms. The normalized spacial score (nSPS) is 14.6. The molecule has 0 bridgehead atoms. The molecule has 0 unspecified atom stereocenters. The first-order valence-electron chi connectivity index (χ1n) is 12.6. The number of benzene rings is 2. The first kappa shape index (κ1) is 26.9. The second-order valence-corrected chi connectivity index (χ2v) is 9.32. The maximum Gasteiger partial charge on any atom is 0.231 e. The lowest BCUT2D eigenvalue weighted by atomic mass is 9.90. The van der Waals surface area contributed by atoms with E-state index in [-0.39, 0.29) is 0 Å². The van der Waals surface area contributed by atoms with Crippen LogP contribution in [-0.2, 0) is 0 Å². The second-order valence-electron chi connectivity index (χ2n) is 8.81. The molecule has 3 N–H and O–H groups in total. The Morgan fingerprint density at radius 2 is 1.30 bits per heavy atom. The molecule has 1 saturated heterocycles. The van der Waals surface area contributed by atoms with E-state index in [9.17, 15) is 0 Å². The van der Waals surface area contributed by atoms with Crippen molar-refractivity contribution in [3.05, 3.63) is 95.0 Å². The number of aromatic nitrogens is 3. The van der Waals surface area contributed by atoms with Gasteiger partial charge in [-0.05, 0) is 24.0 Å². The number of nitrogens with zero attached hydrogens (tertiary/aromatic N) is 4. The minimum absolute atomic E-state index is 0.315. The fourth-order valence-corrected chi connectivity index (χ4v) is 4.60. The molecule has 0 radical (unpaired) electrons. The number of rotatable bonds is 12. The van der Waals surface area contributed by atoms with E-state index in [1.165, 1.54) is 22.2 Å². The number of nitrogens with one attached hydrogen (secondary N) is 3. The molecular formula is C28H33Cl2N7. The zero-order chi connectivity index (χ0) is 25.7. The highest BCUT2D eigenvalue weighted by atomic mass is 35.5. The molecule has 0 atom stereocenters. The van der Waals surface area contributed by atoms with Crippen molar-refractivity contribution in [2.75, 3.05) is 48.3 Å². The second kappa shape index (κ2) is 14.6. The highest BCUT2D eigenvalue weighted by molar-refractivity contribution is 6.25. The molecule has 2 aromatic carbocycles. The predicted octanol–water partition coefficient (Wildman–Crippen LogP) is 5.59. The van der Waals surface area contributed by atoms with Crippen LogP contribution in [0.1, 0.15) is 29.9 Å². The Balaban J connectivity index is 1.38. The molecule has 0 aliphatic carbocycles. The number of hydrogen-bond donors (Lipinski definition) is 3. The van der Waals surface area contributed by atoms with Gasteiger partial charge in [0.2, 0.25) is 17.8 Å². The third-order valence-electron chi connectivity index (χ3n) is 6.35. The lowest BCUT2D eigenvalue weighted by Gasteiger charge is -2.33. The molecule has 0 saturated carbocycles. The number of piperidine rings is 1. The average molecular weight is 539 g/mol. The van der Waals surface area contributed by atoms with Crippen LogP contribution in [0.2, 0.25) is 0 Å². The number of halogens is 2. The lowest BCUT2D eigenvalue weighted by molar-refractivity contribution is 0.407. The molecule has 194 valence electrons. The van der Waals surface area contributed by atoms with Crippen molar-refractivity contribution in [1.29, 1.82) is 0 Å². The van der Waals surface area contributed by atoms with Crippen LogP contribution in [0.3, 0.4) is 0 Å². The van der Waals surface area contributed by atoms with Gasteiger partial charge in [-0.3, -0.25) is 0 Å². The largest absolute Gasteiger partial charge is 0.351 e. The zero-order valence-electron chi connectivity index (χ0n) is 20.7. The molecular weight excluding hydrogens is 505 g/mol. The Bertz CT molecular complexity index is 1060. The van der Waals surface area contributed by atoms with Gasteiger partial charge < -0.3 is 20.9 Å². The van der Waals surface area contributed by atoms with Gasteiger partial charge in [0, 0.05) is 55.8 Å². The van der Waals surface area contributed by atoms with E-state index in [0.29, 0.717) is 42.9 Å². The number of hydrogen-bond acceptors (Lipinski definition) is 7. The van der Waals surface area contributed by atoms with Crippen LogP contribution in [0.15, 0.2) is 83.9 Å². The first-order chi connectivity index (χ1) is 18.3. The number of anilines is 3. The summed E-state index contributed by atoms with van der Waals surface area (Å²) in [6.07, 6.45) is 5.61. The van der Waals surface area contributed by atoms with Crippen molar-refractivity contribution in [2.24, 2.45) is 0 Å². The molecule has 1 aromatic heterocycles. The van der Waals surface area contributed by atoms with Crippen LogP contribution >= 0.6 is 23.2 Å². The molecule has 7 nitrogen and oxygen atoms in total. The summed E-state index contributed by atoms with van der Waals surface area (Å²) in [5, 5.41) is 10.2. The maximum absolute atomic E-state index is 5.64. The smallest absolute Gasteiger partial charge is 0.231 e. The molecule has 4 rings (SSSR count). The van der Waals surface area contributed by atoms with Crippen LogP contribution in [-0.4, -0.2) is 53.7 Å². The Morgan fingerprint density at radius 1 is 0.784 bits per heavy atom. The van der Waals surface area contributed by atoms with Gasteiger partial charge in [0.1, 0.15) is 0 Å². The van der Waals surface area contributed by atoms with Crippen LogP contribution in [0.25, 0.3) is 0 Å². The summed E-state index contributed by atoms with van der Waals surface area (Å²) in [4.78, 5) is 16.0. The van der Waals surface area contributed by atoms with E-state index in [4.69, 9.17) is 23.2 Å². The molecule has 1 aliphatic rings. The van der Waals surface area contributed by atoms with Crippen LogP contribution < -0.4 is 20.9 Å². The van der Waals surface area contributed by atoms with Gasteiger partial charge in [0.25, 0.3) is 0 Å². The summed E-state index contributed by atoms with van der Waals surface area (Å²) < 4.78 is 0. The van der Waals surface area contributed by atoms with Crippen molar-refractivity contribution < 1.29 is 0 Å². The van der Waals surface area contributed by atoms with Crippen LogP contribution in [0.5, 0.6) is 0 Å². The highest BCUT2D eigenvalue weighted by Crippen LogP contribution is 2.25. The monoisotopic (exact) mass is 537 g/mol. The summed E-state index contributed by atoms with van der Waals surface area (Å²) in [5.74, 6) is 1.99. The quantitative estimate of drug-likeness (QED) is 0.278. The summed E-state index contributed by atoms with van der Waals surface area (Å²) in [6.45, 7) is 3.69. The molecule has 0 spiro atoms. The highest BCUT2D eigenvalue weighted by Gasteiger charge is 2.23. The minimum Gasteiger partial charge on any atom is -0.351 e. The van der Waals surface area contributed by atoms with Gasteiger partial charge in [-0.2, -0.15) is 15.0 Å². The summed E-state index contributed by atoms with van der Waals surface area (Å²) in [7, 11) is 0. The third-order valence-corrected chi connectivity index (χ3v) is 6.71. The van der Waals surface area contributed by atoms with Gasteiger partial charge in [0.05, 0.1) is 0 Å². The Hall–Kier alpha value is -3.13. The Kier molecular flexibility index (Phi) is 10.6. The zero-order valence-corrected chi connectivity index (χ0v) is 22.2. The van der Waals surface area contributed by atoms with Crippen molar-refractivity contribution in [3.8, 4) is 0 Å². The van der Waals surface area contributed by atoms with Gasteiger partial charge in [-0.15, -0.1) is 0 Å². The van der Waals surface area contributed by atoms with E-state index in [1.807, 2.05) is 0 Å². The van der Waals surface area contributed by atoms with E-state index in [2.05, 4.69) is 96.5 Å². The lowest BCUT2D eigenvalue weighted by Crippen LogP contribution is -2.44. The van der Waals surface area contributed by atoms with Crippen molar-refractivity contribution in [1.82, 2.24) is 20.3 Å². The van der Waals surface area contributed by atoms with E-state index < -0.39 is 0 Å². The summed E-state index contributed by atoms with van der Waals surface area (Å²) >= 11 is 11.3. The fourth-order valence-electron chi connectivity index (χ4n) is 4.42. The van der Waals surface area contributed by atoms with Crippen molar-refractivity contribution in [3.63, 3.8) is 0 Å². The Labute approximate surface area is 229 Å². The molecule has 37 heavy (non-hydrogen) atoms. The molecule has 2 heterocycles. The first-order valence-corrected chi connectivity index (χ1v) is 13.5. The van der Waals surface area contributed by atoms with Crippen molar-refractivity contribution in [2.45, 2.75) is 24.8 Å². The predicted molar refractivity (Wildman–Crippen MR) is 155 cm³/mol. The van der Waals surface area contributed by atoms with Crippen LogP contribution in [0, 0.1) is 0 Å².